The zero-order valence-corrected chi connectivity index (χ0v) is 21.6. The van der Waals surface area contributed by atoms with Crippen molar-refractivity contribution in [3.8, 4) is 5.88 Å². The second-order valence-corrected chi connectivity index (χ2v) is 10.2. The lowest BCUT2D eigenvalue weighted by molar-refractivity contribution is -0.139. The molecule has 206 valence electrons. The van der Waals surface area contributed by atoms with Crippen molar-refractivity contribution in [2.24, 2.45) is 5.92 Å². The monoisotopic (exact) mass is 534 g/mol. The highest BCUT2D eigenvalue weighted by molar-refractivity contribution is 5.56. The average Bonchev–Trinajstić information content (AvgIpc) is 3.39. The summed E-state index contributed by atoms with van der Waals surface area (Å²) in [6.07, 6.45) is 4.46. The van der Waals surface area contributed by atoms with Crippen molar-refractivity contribution in [3.05, 3.63) is 35.4 Å². The predicted octanol–water partition coefficient (Wildman–Crippen LogP) is 3.68. The molecule has 2 aliphatic heterocycles. The van der Waals surface area contributed by atoms with Gasteiger partial charge in [-0.1, -0.05) is 0 Å². The molecule has 38 heavy (non-hydrogen) atoms. The average molecular weight is 535 g/mol. The van der Waals surface area contributed by atoms with Gasteiger partial charge in [0.2, 0.25) is 5.88 Å². The molecule has 9 nitrogen and oxygen atoms in total. The quantitative estimate of drug-likeness (QED) is 0.534. The fraction of sp³-hybridized carbons (Fsp3) is 0.615. The van der Waals surface area contributed by atoms with Gasteiger partial charge in [0.1, 0.15) is 24.0 Å². The number of fused-ring (bicyclic) bond motifs is 1. The molecule has 4 atom stereocenters. The number of alkyl halides is 3. The SMILES string of the molecule is COc1ncc(N2CCc3ncnc(NC4CCCN4C4C[C@@H](C=O)CC[C@H]4OC)c3C2)cc1C(F)(F)F. The van der Waals surface area contributed by atoms with E-state index in [9.17, 15) is 18.0 Å². The first-order valence-electron chi connectivity index (χ1n) is 13.0. The number of aldehydes is 1. The number of hydrogen-bond acceptors (Lipinski definition) is 9. The molecule has 1 aliphatic carbocycles. The van der Waals surface area contributed by atoms with E-state index in [0.29, 0.717) is 31.0 Å². The number of hydrogen-bond donors (Lipinski definition) is 1. The number of nitrogens with zero attached hydrogens (tertiary/aromatic N) is 5. The number of rotatable bonds is 7. The third-order valence-electron chi connectivity index (χ3n) is 8.02. The molecule has 0 radical (unpaired) electrons. The van der Waals surface area contributed by atoms with Gasteiger partial charge >= 0.3 is 6.18 Å². The van der Waals surface area contributed by atoms with E-state index in [-0.39, 0.29) is 24.2 Å². The van der Waals surface area contributed by atoms with Crippen LogP contribution in [0.5, 0.6) is 5.88 Å². The van der Waals surface area contributed by atoms with E-state index >= 15 is 0 Å². The molecular weight excluding hydrogens is 501 g/mol. The Morgan fingerprint density at radius 1 is 1.13 bits per heavy atom. The van der Waals surface area contributed by atoms with E-state index in [1.165, 1.54) is 19.6 Å². The Bertz CT molecular complexity index is 1150. The molecule has 1 saturated heterocycles. The minimum Gasteiger partial charge on any atom is -0.481 e. The number of ether oxygens (including phenoxy) is 2. The molecule has 2 aromatic heterocycles. The molecule has 0 amide bonds. The molecule has 12 heteroatoms. The van der Waals surface area contributed by atoms with Crippen molar-refractivity contribution in [2.45, 2.75) is 69.6 Å². The number of anilines is 2. The first-order valence-corrected chi connectivity index (χ1v) is 13.0. The number of aromatic nitrogens is 3. The molecule has 0 aromatic carbocycles. The first-order chi connectivity index (χ1) is 18.3. The highest BCUT2D eigenvalue weighted by atomic mass is 19.4. The van der Waals surface area contributed by atoms with Crippen LogP contribution in [0.15, 0.2) is 18.6 Å². The van der Waals surface area contributed by atoms with E-state index < -0.39 is 17.6 Å². The van der Waals surface area contributed by atoms with Crippen molar-refractivity contribution in [2.75, 3.05) is 37.5 Å². The van der Waals surface area contributed by atoms with Crippen molar-refractivity contribution in [3.63, 3.8) is 0 Å². The van der Waals surface area contributed by atoms with E-state index in [1.807, 2.05) is 4.90 Å². The standard InChI is InChI=1S/C26H33F3N6O3/c1-37-22-6-5-16(14-36)10-21(22)35-8-3-4-23(35)33-24-18-13-34(9-7-20(18)31-15-32-24)17-11-19(26(27,28)29)25(38-2)30-12-17/h11-12,14-16,21-23H,3-10,13H2,1-2H3,(H,31,32,33)/t16-,21?,22+,23?/m0/s1. The van der Waals surface area contributed by atoms with Crippen LogP contribution in [0.25, 0.3) is 0 Å². The predicted molar refractivity (Wildman–Crippen MR) is 134 cm³/mol. The minimum absolute atomic E-state index is 0.0110. The molecule has 3 aliphatic rings. The second kappa shape index (κ2) is 11.0. The molecule has 1 saturated carbocycles. The van der Waals surface area contributed by atoms with Crippen LogP contribution < -0.4 is 15.0 Å². The number of methoxy groups -OCH3 is 2. The number of carbonyl (C=O) groups excluding carboxylic acids is 1. The number of likely N-dealkylation sites (tertiary alicyclic amines) is 1. The molecule has 0 bridgehead atoms. The minimum atomic E-state index is -4.58. The Hall–Kier alpha value is -2.99. The summed E-state index contributed by atoms with van der Waals surface area (Å²) in [6.45, 7) is 1.76. The topological polar surface area (TPSA) is 92.7 Å². The number of carbonyl (C=O) groups is 1. The summed E-state index contributed by atoms with van der Waals surface area (Å²) in [5.74, 6) is 0.276. The number of halogens is 3. The Labute approximate surface area is 219 Å². The lowest BCUT2D eigenvalue weighted by atomic mass is 9.83. The highest BCUT2D eigenvalue weighted by Crippen LogP contribution is 2.39. The van der Waals surface area contributed by atoms with E-state index in [1.54, 1.807) is 7.11 Å². The molecule has 1 N–H and O–H groups in total. The van der Waals surface area contributed by atoms with Gasteiger partial charge in [0, 0.05) is 50.7 Å². The summed E-state index contributed by atoms with van der Waals surface area (Å²) < 4.78 is 51.4. The van der Waals surface area contributed by atoms with Crippen LogP contribution in [-0.4, -0.2) is 71.8 Å². The fourth-order valence-corrected chi connectivity index (χ4v) is 6.06. The van der Waals surface area contributed by atoms with Gasteiger partial charge in [0.15, 0.2) is 0 Å². The third-order valence-corrected chi connectivity index (χ3v) is 8.02. The zero-order chi connectivity index (χ0) is 26.9. The fourth-order valence-electron chi connectivity index (χ4n) is 6.06. The van der Waals surface area contributed by atoms with Gasteiger partial charge in [-0.25, -0.2) is 15.0 Å². The second-order valence-electron chi connectivity index (χ2n) is 10.2. The van der Waals surface area contributed by atoms with Crippen LogP contribution >= 0.6 is 0 Å². The van der Waals surface area contributed by atoms with Crippen LogP contribution in [0.2, 0.25) is 0 Å². The molecule has 5 rings (SSSR count). The van der Waals surface area contributed by atoms with Crippen LogP contribution in [0, 0.1) is 5.92 Å². The summed E-state index contributed by atoms with van der Waals surface area (Å²) >= 11 is 0. The van der Waals surface area contributed by atoms with Crippen LogP contribution in [0.1, 0.15) is 48.9 Å². The largest absolute Gasteiger partial charge is 0.481 e. The van der Waals surface area contributed by atoms with Crippen molar-refractivity contribution in [1.29, 1.82) is 0 Å². The van der Waals surface area contributed by atoms with Crippen molar-refractivity contribution >= 4 is 17.8 Å². The van der Waals surface area contributed by atoms with Gasteiger partial charge in [-0.15, -0.1) is 0 Å². The Balaban J connectivity index is 1.37. The lowest BCUT2D eigenvalue weighted by Crippen LogP contribution is -2.52. The summed E-state index contributed by atoms with van der Waals surface area (Å²) in [5.41, 5.74) is 1.22. The number of pyridine rings is 1. The van der Waals surface area contributed by atoms with Gasteiger partial charge in [-0.05, 0) is 38.2 Å². The first kappa shape index (κ1) is 26.6. The van der Waals surface area contributed by atoms with Gasteiger partial charge < -0.3 is 24.5 Å². The molecule has 2 fully saturated rings. The molecule has 0 spiro atoms. The molecule has 2 unspecified atom stereocenters. The van der Waals surface area contributed by atoms with Crippen LogP contribution in [0.3, 0.4) is 0 Å². The molecular formula is C26H33F3N6O3. The summed E-state index contributed by atoms with van der Waals surface area (Å²) in [6, 6.07) is 1.22. The Morgan fingerprint density at radius 3 is 2.71 bits per heavy atom. The van der Waals surface area contributed by atoms with E-state index in [4.69, 9.17) is 9.47 Å². The maximum absolute atomic E-state index is 13.6. The smallest absolute Gasteiger partial charge is 0.421 e. The molecule has 2 aromatic rings. The van der Waals surface area contributed by atoms with Crippen LogP contribution in [0.4, 0.5) is 24.7 Å². The molecule has 4 heterocycles. The summed E-state index contributed by atoms with van der Waals surface area (Å²) in [5, 5.41) is 3.61. The van der Waals surface area contributed by atoms with Crippen molar-refractivity contribution < 1.29 is 27.4 Å². The normalized spacial score (nSPS) is 26.2. The maximum atomic E-state index is 13.6. The van der Waals surface area contributed by atoms with E-state index in [2.05, 4.69) is 25.2 Å². The van der Waals surface area contributed by atoms with Gasteiger partial charge in [0.05, 0.1) is 37.0 Å². The number of nitrogens with one attached hydrogen (secondary N) is 1. The van der Waals surface area contributed by atoms with Gasteiger partial charge in [0.25, 0.3) is 0 Å². The Morgan fingerprint density at radius 2 is 1.97 bits per heavy atom. The van der Waals surface area contributed by atoms with Crippen LogP contribution in [-0.2, 0) is 28.7 Å². The zero-order valence-electron chi connectivity index (χ0n) is 21.6. The van der Waals surface area contributed by atoms with Gasteiger partial charge in [-0.2, -0.15) is 13.2 Å². The summed E-state index contributed by atoms with van der Waals surface area (Å²) in [4.78, 5) is 28.7. The summed E-state index contributed by atoms with van der Waals surface area (Å²) in [7, 11) is 2.91. The van der Waals surface area contributed by atoms with Gasteiger partial charge in [-0.3, -0.25) is 4.90 Å². The van der Waals surface area contributed by atoms with E-state index in [0.717, 1.165) is 62.3 Å². The third kappa shape index (κ3) is 5.28. The maximum Gasteiger partial charge on any atom is 0.421 e. The highest BCUT2D eigenvalue weighted by Gasteiger charge is 2.40. The Kier molecular flexibility index (Phi) is 7.71. The van der Waals surface area contributed by atoms with Crippen molar-refractivity contribution in [1.82, 2.24) is 19.9 Å². The lowest BCUT2D eigenvalue weighted by Gasteiger charge is -2.42.